The number of rotatable bonds is 3. The Balaban J connectivity index is 0.0000000948. The van der Waals surface area contributed by atoms with Gasteiger partial charge in [-0.25, -0.2) is 24.9 Å². The lowest BCUT2D eigenvalue weighted by molar-refractivity contribution is 0.660. The maximum Gasteiger partial charge on any atom is 0.165 e. The van der Waals surface area contributed by atoms with Crippen molar-refractivity contribution in [2.75, 3.05) is 0 Å². The Labute approximate surface area is 731 Å². The minimum Gasteiger partial charge on any atom is -0.293 e. The second-order valence-electron chi connectivity index (χ2n) is 35.6. The predicted octanol–water partition coefficient (Wildman–Crippen LogP) is 31.7. The van der Waals surface area contributed by atoms with Gasteiger partial charge in [0.1, 0.15) is 16.7 Å². The van der Waals surface area contributed by atoms with E-state index in [1.54, 1.807) is 0 Å². The van der Waals surface area contributed by atoms with Crippen molar-refractivity contribution in [3.8, 4) is 55.6 Å². The Morgan fingerprint density at radius 2 is 0.611 bits per heavy atom. The highest BCUT2D eigenvalue weighted by Gasteiger charge is 2.38. The molecule has 11 heteroatoms. The van der Waals surface area contributed by atoms with Crippen LogP contribution in [-0.4, -0.2) is 38.1 Å². The van der Waals surface area contributed by atoms with Crippen LogP contribution in [0.4, 0.5) is 0 Å². The van der Waals surface area contributed by atoms with Crippen LogP contribution in [0.25, 0.3) is 264 Å². The van der Waals surface area contributed by atoms with E-state index in [0.29, 0.717) is 0 Å². The molecule has 126 heavy (non-hydrogen) atoms. The highest BCUT2D eigenvalue weighted by Crippen LogP contribution is 2.56. The fraction of sp³-hybridized carbons (Fsp3) is 0.0522. The van der Waals surface area contributed by atoms with Gasteiger partial charge >= 0.3 is 0 Å². The minimum absolute atomic E-state index is 0.00343. The zero-order chi connectivity index (χ0) is 82.6. The smallest absolute Gasteiger partial charge is 0.165 e. The summed E-state index contributed by atoms with van der Waals surface area (Å²) in [6.07, 6.45) is 0. The van der Waals surface area contributed by atoms with Crippen molar-refractivity contribution < 1.29 is 0 Å². The van der Waals surface area contributed by atoms with Crippen molar-refractivity contribution in [1.82, 2.24) is 38.1 Å². The first-order valence-electron chi connectivity index (χ1n) is 43.3. The molecule has 12 aromatic heterocycles. The van der Waals surface area contributed by atoms with Gasteiger partial charge in [-0.05, 0) is 193 Å². The van der Waals surface area contributed by atoms with Crippen molar-refractivity contribution in [2.24, 2.45) is 0 Å². The molecule has 0 saturated heterocycles. The molecule has 0 fully saturated rings. The Morgan fingerprint density at radius 3 is 1.20 bits per heavy atom. The van der Waals surface area contributed by atoms with Gasteiger partial charge in [0, 0.05) is 131 Å². The van der Waals surface area contributed by atoms with Crippen LogP contribution in [0.5, 0.6) is 0 Å². The SMILES string of the molecule is CC1(C)c2ccccc2-c2cc(-c3ccc4c(c3)c3cc5sc6ccccc6c5c5c6nc7ccccc7nc6n4c35)ccc21.CC1(C)c2ccccc2-c2ccc(-c3ccc4c(c3)c3cc5sc6ccccc6c5c5c6cc7ccccc7nc6n4c35)cc21.c1ccc(-c2ccc3c4cc5sc6ccccc6c5c5c6nc7ccccc7nc6n(c3c2)c45)cc1. The van der Waals surface area contributed by atoms with Crippen molar-refractivity contribution in [3.05, 3.63) is 362 Å². The molecule has 0 radical (unpaired) electrons. The molecular formula is C115H68N8S3. The second-order valence-corrected chi connectivity index (χ2v) is 38.9. The average Bonchev–Trinajstić information content (AvgIpc) is 1.53. The van der Waals surface area contributed by atoms with E-state index in [1.165, 1.54) is 231 Å². The van der Waals surface area contributed by atoms with E-state index in [9.17, 15) is 0 Å². The zero-order valence-corrected chi connectivity index (χ0v) is 71.1. The first kappa shape index (κ1) is 69.4. The van der Waals surface area contributed by atoms with Crippen LogP contribution in [0.3, 0.4) is 0 Å². The number of fused-ring (bicyclic) bond motifs is 39. The lowest BCUT2D eigenvalue weighted by Crippen LogP contribution is -2.14. The molecule has 0 spiro atoms. The quantitative estimate of drug-likeness (QED) is 0.176. The lowest BCUT2D eigenvalue weighted by Gasteiger charge is -2.22. The Hall–Kier alpha value is -15.1. The van der Waals surface area contributed by atoms with E-state index in [0.717, 1.165) is 55.6 Å². The van der Waals surface area contributed by atoms with Gasteiger partial charge in [0.2, 0.25) is 0 Å². The van der Waals surface area contributed by atoms with Crippen LogP contribution in [0, 0.1) is 0 Å². The van der Waals surface area contributed by atoms with Crippen molar-refractivity contribution in [3.63, 3.8) is 0 Å². The number of para-hydroxylation sites is 5. The van der Waals surface area contributed by atoms with Crippen molar-refractivity contribution >= 4 is 242 Å². The summed E-state index contributed by atoms with van der Waals surface area (Å²) in [6, 6.07) is 124. The van der Waals surface area contributed by atoms with Crippen LogP contribution in [-0.2, 0) is 10.8 Å². The van der Waals surface area contributed by atoms with Gasteiger partial charge in [0.05, 0.1) is 60.7 Å². The number of thiophene rings is 3. The summed E-state index contributed by atoms with van der Waals surface area (Å²) in [5.41, 5.74) is 35.3. The van der Waals surface area contributed by atoms with Crippen LogP contribution in [0.1, 0.15) is 49.9 Å². The molecule has 0 aliphatic heterocycles. The van der Waals surface area contributed by atoms with Crippen LogP contribution >= 0.6 is 34.0 Å². The monoisotopic (exact) mass is 1660 g/mol. The van der Waals surface area contributed by atoms with Crippen molar-refractivity contribution in [2.45, 2.75) is 38.5 Å². The van der Waals surface area contributed by atoms with E-state index in [2.05, 4.69) is 356 Å². The number of aromatic nitrogens is 8. The van der Waals surface area contributed by atoms with E-state index >= 15 is 0 Å². The van der Waals surface area contributed by atoms with Gasteiger partial charge in [-0.2, -0.15) is 0 Å². The fourth-order valence-electron chi connectivity index (χ4n) is 22.6. The summed E-state index contributed by atoms with van der Waals surface area (Å²) < 4.78 is 15.0. The molecule has 31 rings (SSSR count). The number of benzene rings is 17. The summed E-state index contributed by atoms with van der Waals surface area (Å²) in [6.45, 7) is 9.40. The van der Waals surface area contributed by atoms with E-state index in [-0.39, 0.29) is 10.8 Å². The normalized spacial score (nSPS) is 13.7. The van der Waals surface area contributed by atoms with Gasteiger partial charge in [0.25, 0.3) is 0 Å². The fourth-order valence-corrected chi connectivity index (χ4v) is 26.0. The molecule has 17 aromatic carbocycles. The Kier molecular flexibility index (Phi) is 13.7. The van der Waals surface area contributed by atoms with Gasteiger partial charge in [-0.1, -0.05) is 252 Å². The molecule has 12 heterocycles. The standard InChI is InChI=1S/C42H26N2S.C41H25N3S.C32H17N3S/c1-42(2)32-12-6-4-10-26(32)27-17-15-24(21-33(27)42)23-16-18-35-29(19-23)30-22-37-38(28-11-5-8-14-36(28)45-37)39-31-20-25-9-3-7-13-34(25)43-41(31)44(35)40(30)39;1-41(2)29-11-5-3-9-24(29)26-19-22(15-17-30(26)41)23-16-18-33-27(20-23)28-21-35-36(25-10-4-8-14-34(25)45-35)37-38-40(44(33)39(28)37)43-32-13-7-6-12-31(32)42-38;1-2-8-18(9-3-1)19-14-15-20-22-17-27-28(21-10-4-7-13-26(21)36-27)29-30-32(35(31(22)29)25(20)16-19)34-24-12-6-5-11-23(24)33-30/h3-22H,1-2H3;3-21H,1-2H3;1-17H. The highest BCUT2D eigenvalue weighted by atomic mass is 32.1. The molecule has 29 aromatic rings. The van der Waals surface area contributed by atoms with Crippen LogP contribution < -0.4 is 0 Å². The zero-order valence-electron chi connectivity index (χ0n) is 68.6. The summed E-state index contributed by atoms with van der Waals surface area (Å²) in [5.74, 6) is 0. The second kappa shape index (κ2) is 24.9. The lowest BCUT2D eigenvalue weighted by atomic mass is 9.81. The first-order chi connectivity index (χ1) is 62.0. The molecule has 0 atom stereocenters. The highest BCUT2D eigenvalue weighted by molar-refractivity contribution is 7.27. The van der Waals surface area contributed by atoms with E-state index in [4.69, 9.17) is 24.9 Å². The number of nitrogens with zero attached hydrogens (tertiary/aromatic N) is 8. The van der Waals surface area contributed by atoms with Gasteiger partial charge in [-0.3, -0.25) is 13.2 Å². The molecule has 586 valence electrons. The maximum atomic E-state index is 5.31. The Bertz CT molecular complexity index is 9900. The summed E-state index contributed by atoms with van der Waals surface area (Å²) in [7, 11) is 0. The van der Waals surface area contributed by atoms with Gasteiger partial charge in [-0.15, -0.1) is 34.0 Å². The number of hydrogen-bond donors (Lipinski definition) is 0. The molecule has 2 aliphatic rings. The Morgan fingerprint density at radius 1 is 0.214 bits per heavy atom. The first-order valence-corrected chi connectivity index (χ1v) is 45.7. The van der Waals surface area contributed by atoms with E-state index < -0.39 is 0 Å². The van der Waals surface area contributed by atoms with Crippen molar-refractivity contribution in [1.29, 1.82) is 0 Å². The topological polar surface area (TPSA) is 77.7 Å². The molecule has 0 saturated carbocycles. The minimum atomic E-state index is -0.0251. The third-order valence-electron chi connectivity index (χ3n) is 28.3. The largest absolute Gasteiger partial charge is 0.293 e. The summed E-state index contributed by atoms with van der Waals surface area (Å²) in [5, 5.41) is 21.6. The van der Waals surface area contributed by atoms with E-state index in [1.807, 2.05) is 58.3 Å². The number of pyridine rings is 1. The van der Waals surface area contributed by atoms with Crippen LogP contribution in [0.15, 0.2) is 340 Å². The molecular weight excluding hydrogens is 1590 g/mol. The third kappa shape index (κ3) is 9.26. The molecule has 0 N–H and O–H groups in total. The molecule has 0 unspecified atom stereocenters. The molecule has 0 amide bonds. The molecule has 8 nitrogen and oxygen atoms in total. The van der Waals surface area contributed by atoms with Crippen LogP contribution in [0.2, 0.25) is 0 Å². The van der Waals surface area contributed by atoms with Gasteiger partial charge < -0.3 is 0 Å². The summed E-state index contributed by atoms with van der Waals surface area (Å²) in [4.78, 5) is 26.2. The third-order valence-corrected chi connectivity index (χ3v) is 31.7. The molecule has 0 bridgehead atoms. The maximum absolute atomic E-state index is 5.31. The predicted molar refractivity (Wildman–Crippen MR) is 535 cm³/mol. The summed E-state index contributed by atoms with van der Waals surface area (Å²) >= 11 is 5.63. The average molecular weight is 1660 g/mol. The molecule has 2 aliphatic carbocycles. The van der Waals surface area contributed by atoms with Gasteiger partial charge in [0.15, 0.2) is 11.3 Å². The number of hydrogen-bond acceptors (Lipinski definition) is 8.